The molecule has 1 saturated carbocycles. The van der Waals surface area contributed by atoms with E-state index < -0.39 is 10.0 Å². The summed E-state index contributed by atoms with van der Waals surface area (Å²) in [4.78, 5) is 14.9. The number of amides is 1. The van der Waals surface area contributed by atoms with Crippen molar-refractivity contribution in [3.8, 4) is 0 Å². The molecule has 1 aliphatic heterocycles. The van der Waals surface area contributed by atoms with Gasteiger partial charge in [0, 0.05) is 37.8 Å². The molecule has 0 bridgehead atoms. The summed E-state index contributed by atoms with van der Waals surface area (Å²) in [6.07, 6.45) is 3.07. The van der Waals surface area contributed by atoms with E-state index in [1.807, 2.05) is 0 Å². The lowest BCUT2D eigenvalue weighted by Crippen LogP contribution is -2.42. The Balaban J connectivity index is 1.48. The van der Waals surface area contributed by atoms with Crippen molar-refractivity contribution >= 4 is 15.9 Å². The first-order valence-electron chi connectivity index (χ1n) is 9.46. The first-order chi connectivity index (χ1) is 12.3. The van der Waals surface area contributed by atoms with Gasteiger partial charge in [-0.3, -0.25) is 4.79 Å². The highest BCUT2D eigenvalue weighted by Crippen LogP contribution is 2.22. The molecular formula is C19H29N3O3S. The molecular weight excluding hydrogens is 350 g/mol. The van der Waals surface area contributed by atoms with Crippen LogP contribution in [0.3, 0.4) is 0 Å². The number of sulfonamides is 1. The molecule has 2 N–H and O–H groups in total. The predicted octanol–water partition coefficient (Wildman–Crippen LogP) is 1.83. The van der Waals surface area contributed by atoms with Gasteiger partial charge in [0.05, 0.1) is 4.90 Å². The molecule has 1 aliphatic carbocycles. The highest BCUT2D eigenvalue weighted by molar-refractivity contribution is 7.89. The molecule has 7 heteroatoms. The van der Waals surface area contributed by atoms with Crippen molar-refractivity contribution in [3.63, 3.8) is 0 Å². The van der Waals surface area contributed by atoms with E-state index in [9.17, 15) is 13.2 Å². The zero-order valence-electron chi connectivity index (χ0n) is 15.6. The van der Waals surface area contributed by atoms with E-state index in [2.05, 4.69) is 28.8 Å². The van der Waals surface area contributed by atoms with Crippen LogP contribution in [-0.2, 0) is 10.0 Å². The zero-order chi connectivity index (χ0) is 18.7. The second-order valence-electron chi connectivity index (χ2n) is 7.88. The van der Waals surface area contributed by atoms with Gasteiger partial charge in [-0.1, -0.05) is 13.8 Å². The Morgan fingerprint density at radius 3 is 2.31 bits per heavy atom. The van der Waals surface area contributed by atoms with E-state index in [-0.39, 0.29) is 16.8 Å². The van der Waals surface area contributed by atoms with Crippen molar-refractivity contribution in [3.05, 3.63) is 29.8 Å². The minimum atomic E-state index is -3.47. The zero-order valence-corrected chi connectivity index (χ0v) is 16.4. The van der Waals surface area contributed by atoms with Gasteiger partial charge < -0.3 is 10.2 Å². The monoisotopic (exact) mass is 379 g/mol. The third-order valence-electron chi connectivity index (χ3n) is 4.98. The molecule has 144 valence electrons. The van der Waals surface area contributed by atoms with Crippen molar-refractivity contribution in [1.82, 2.24) is 14.9 Å². The molecule has 1 saturated heterocycles. The Labute approximate surface area is 156 Å². The second kappa shape index (κ2) is 8.06. The number of carbonyl (C=O) groups is 1. The summed E-state index contributed by atoms with van der Waals surface area (Å²) < 4.78 is 26.9. The lowest BCUT2D eigenvalue weighted by atomic mass is 9.92. The highest BCUT2D eigenvalue weighted by Gasteiger charge is 2.28. The van der Waals surface area contributed by atoms with Crippen LogP contribution in [-0.4, -0.2) is 51.4 Å². The molecule has 0 radical (unpaired) electrons. The number of carbonyl (C=O) groups excluding carboxylic acids is 1. The first-order valence-corrected chi connectivity index (χ1v) is 10.9. The van der Waals surface area contributed by atoms with Gasteiger partial charge in [-0.05, 0) is 55.4 Å². The number of nitrogens with zero attached hydrogens (tertiary/aromatic N) is 1. The summed E-state index contributed by atoms with van der Waals surface area (Å²) in [6.45, 7) is 8.16. The minimum Gasteiger partial charge on any atom is -0.351 e. The lowest BCUT2D eigenvalue weighted by molar-refractivity contribution is 0.0936. The summed E-state index contributed by atoms with van der Waals surface area (Å²) in [5, 5.41) is 2.93. The van der Waals surface area contributed by atoms with Gasteiger partial charge in [0.2, 0.25) is 10.0 Å². The second-order valence-corrected chi connectivity index (χ2v) is 9.60. The van der Waals surface area contributed by atoms with Crippen LogP contribution in [0.15, 0.2) is 29.2 Å². The van der Waals surface area contributed by atoms with Crippen LogP contribution in [0.1, 0.15) is 43.5 Å². The van der Waals surface area contributed by atoms with Crippen molar-refractivity contribution in [2.24, 2.45) is 11.8 Å². The fourth-order valence-electron chi connectivity index (χ4n) is 3.68. The third kappa shape index (κ3) is 5.28. The van der Waals surface area contributed by atoms with Gasteiger partial charge in [0.1, 0.15) is 0 Å². The summed E-state index contributed by atoms with van der Waals surface area (Å²) in [5.41, 5.74) is 0.482. The molecule has 0 spiro atoms. The maximum atomic E-state index is 12.3. The Morgan fingerprint density at radius 1 is 1.12 bits per heavy atom. The van der Waals surface area contributed by atoms with E-state index in [4.69, 9.17) is 0 Å². The van der Waals surface area contributed by atoms with Gasteiger partial charge in [0.25, 0.3) is 5.91 Å². The van der Waals surface area contributed by atoms with E-state index in [0.29, 0.717) is 23.9 Å². The van der Waals surface area contributed by atoms with E-state index in [1.54, 1.807) is 12.1 Å². The number of likely N-dealkylation sites (tertiary alicyclic amines) is 1. The van der Waals surface area contributed by atoms with E-state index >= 15 is 0 Å². The largest absolute Gasteiger partial charge is 0.351 e. The van der Waals surface area contributed by atoms with Crippen molar-refractivity contribution < 1.29 is 13.2 Å². The molecule has 2 atom stereocenters. The van der Waals surface area contributed by atoms with Crippen LogP contribution in [0.25, 0.3) is 0 Å². The van der Waals surface area contributed by atoms with Crippen LogP contribution in [0.4, 0.5) is 0 Å². The van der Waals surface area contributed by atoms with Gasteiger partial charge in [-0.15, -0.1) is 0 Å². The molecule has 1 aromatic carbocycles. The summed E-state index contributed by atoms with van der Waals surface area (Å²) in [7, 11) is -3.47. The Morgan fingerprint density at radius 2 is 1.73 bits per heavy atom. The molecule has 2 unspecified atom stereocenters. The normalized spacial score (nSPS) is 24.4. The molecule has 26 heavy (non-hydrogen) atoms. The van der Waals surface area contributed by atoms with Crippen molar-refractivity contribution in [2.45, 2.75) is 44.0 Å². The number of hydrogen-bond donors (Lipinski definition) is 2. The number of hydrogen-bond acceptors (Lipinski definition) is 4. The number of rotatable bonds is 7. The molecule has 1 amide bonds. The molecule has 6 nitrogen and oxygen atoms in total. The summed E-state index contributed by atoms with van der Waals surface area (Å²) in [5.74, 6) is 1.24. The Kier molecular flexibility index (Phi) is 5.99. The molecule has 2 aliphatic rings. The van der Waals surface area contributed by atoms with Gasteiger partial charge in [-0.25, -0.2) is 13.1 Å². The van der Waals surface area contributed by atoms with Crippen LogP contribution >= 0.6 is 0 Å². The number of nitrogens with one attached hydrogen (secondary N) is 2. The van der Waals surface area contributed by atoms with Crippen LogP contribution in [0, 0.1) is 11.8 Å². The van der Waals surface area contributed by atoms with Crippen LogP contribution in [0.2, 0.25) is 0 Å². The standard InChI is InChI=1S/C19H29N3O3S/c1-14-11-15(2)13-22(12-14)10-9-20-19(23)16-3-7-18(8-4-16)26(24,25)21-17-5-6-17/h3-4,7-8,14-15,17,21H,5-6,9-13H2,1-2H3,(H,20,23). The quantitative estimate of drug-likeness (QED) is 0.758. The molecule has 3 rings (SSSR count). The smallest absolute Gasteiger partial charge is 0.251 e. The fraction of sp³-hybridized carbons (Fsp3) is 0.632. The fourth-order valence-corrected chi connectivity index (χ4v) is 4.98. The van der Waals surface area contributed by atoms with Crippen LogP contribution < -0.4 is 10.0 Å². The Bertz CT molecular complexity index is 719. The first kappa shape index (κ1) is 19.3. The topological polar surface area (TPSA) is 78.5 Å². The molecule has 1 heterocycles. The van der Waals surface area contributed by atoms with Crippen LogP contribution in [0.5, 0.6) is 0 Å². The van der Waals surface area contributed by atoms with Crippen molar-refractivity contribution in [1.29, 1.82) is 0 Å². The molecule has 1 aromatic rings. The maximum Gasteiger partial charge on any atom is 0.251 e. The highest BCUT2D eigenvalue weighted by atomic mass is 32.2. The van der Waals surface area contributed by atoms with Gasteiger partial charge in [0.15, 0.2) is 0 Å². The number of piperidine rings is 1. The maximum absolute atomic E-state index is 12.3. The van der Waals surface area contributed by atoms with E-state index in [1.165, 1.54) is 18.6 Å². The van der Waals surface area contributed by atoms with Crippen molar-refractivity contribution in [2.75, 3.05) is 26.2 Å². The number of benzene rings is 1. The Hall–Kier alpha value is -1.44. The van der Waals surface area contributed by atoms with Gasteiger partial charge in [-0.2, -0.15) is 0 Å². The molecule has 0 aromatic heterocycles. The summed E-state index contributed by atoms with van der Waals surface area (Å²) in [6, 6.07) is 6.20. The molecule has 2 fully saturated rings. The minimum absolute atomic E-state index is 0.0724. The average Bonchev–Trinajstić information content (AvgIpc) is 3.37. The summed E-state index contributed by atoms with van der Waals surface area (Å²) >= 11 is 0. The lowest BCUT2D eigenvalue weighted by Gasteiger charge is -2.34. The third-order valence-corrected chi connectivity index (χ3v) is 6.52. The predicted molar refractivity (Wildman–Crippen MR) is 102 cm³/mol. The van der Waals surface area contributed by atoms with E-state index in [0.717, 1.165) is 32.5 Å². The average molecular weight is 380 g/mol. The SMILES string of the molecule is CC1CC(C)CN(CCNC(=O)c2ccc(S(=O)(=O)NC3CC3)cc2)C1. The van der Waals surface area contributed by atoms with Gasteiger partial charge >= 0.3 is 0 Å².